The molecule has 1 fully saturated rings. The molecule has 0 radical (unpaired) electrons. The third-order valence-electron chi connectivity index (χ3n) is 4.88. The molecule has 4 nitrogen and oxygen atoms in total. The molecule has 1 heterocycles. The molecule has 0 saturated carbocycles. The lowest BCUT2D eigenvalue weighted by Gasteiger charge is -2.35. The lowest BCUT2D eigenvalue weighted by Crippen LogP contribution is -2.53. The summed E-state index contributed by atoms with van der Waals surface area (Å²) in [5, 5.41) is 15.4. The van der Waals surface area contributed by atoms with Gasteiger partial charge in [0.05, 0.1) is 12.1 Å². The Hall–Kier alpha value is -1.91. The van der Waals surface area contributed by atoms with Gasteiger partial charge < -0.3 is 15.2 Å². The number of ether oxygens (including phenoxy) is 1. The van der Waals surface area contributed by atoms with Gasteiger partial charge in [-0.15, -0.1) is 0 Å². The van der Waals surface area contributed by atoms with Gasteiger partial charge in [-0.3, -0.25) is 4.79 Å². The maximum Gasteiger partial charge on any atom is 0.315 e. The molecule has 0 spiro atoms. The molecule has 0 amide bonds. The van der Waals surface area contributed by atoms with Gasteiger partial charge in [0.15, 0.2) is 0 Å². The smallest absolute Gasteiger partial charge is 0.315 e. The van der Waals surface area contributed by atoms with Crippen molar-refractivity contribution in [1.29, 1.82) is 0 Å². The van der Waals surface area contributed by atoms with Crippen LogP contribution in [0.25, 0.3) is 10.8 Å². The highest BCUT2D eigenvalue weighted by molar-refractivity contribution is 5.87. The first-order valence-corrected chi connectivity index (χ1v) is 7.56. The van der Waals surface area contributed by atoms with Crippen molar-refractivity contribution in [1.82, 2.24) is 5.32 Å². The molecular formula is C18H21NO3. The lowest BCUT2D eigenvalue weighted by molar-refractivity contribution is -0.145. The fourth-order valence-electron chi connectivity index (χ4n) is 3.46. The summed E-state index contributed by atoms with van der Waals surface area (Å²) < 4.78 is 5.50. The van der Waals surface area contributed by atoms with E-state index in [-0.39, 0.29) is 12.1 Å². The molecule has 2 N–H and O–H groups in total. The SMILES string of the molecule is CO[C@@H]1CCN[C@H]1[C@@](C)(C(=O)O)c1ccc2ccccc2c1. The highest BCUT2D eigenvalue weighted by Gasteiger charge is 2.48. The lowest BCUT2D eigenvalue weighted by atomic mass is 9.74. The van der Waals surface area contributed by atoms with Crippen LogP contribution in [0.1, 0.15) is 18.9 Å². The van der Waals surface area contributed by atoms with Gasteiger partial charge >= 0.3 is 5.97 Å². The maximum absolute atomic E-state index is 12.1. The third-order valence-corrected chi connectivity index (χ3v) is 4.88. The van der Waals surface area contributed by atoms with Crippen LogP contribution in [0, 0.1) is 0 Å². The summed E-state index contributed by atoms with van der Waals surface area (Å²) >= 11 is 0. The Kier molecular flexibility index (Phi) is 3.89. The molecule has 1 aliphatic rings. The van der Waals surface area contributed by atoms with Gasteiger partial charge in [0.2, 0.25) is 0 Å². The van der Waals surface area contributed by atoms with E-state index in [0.29, 0.717) is 0 Å². The topological polar surface area (TPSA) is 58.6 Å². The first kappa shape index (κ1) is 15.0. The minimum Gasteiger partial charge on any atom is -0.481 e. The van der Waals surface area contributed by atoms with E-state index >= 15 is 0 Å². The Balaban J connectivity index is 2.10. The van der Waals surface area contributed by atoms with Crippen LogP contribution in [0.4, 0.5) is 0 Å². The van der Waals surface area contributed by atoms with E-state index in [9.17, 15) is 9.90 Å². The van der Waals surface area contributed by atoms with Crippen molar-refractivity contribution in [2.24, 2.45) is 0 Å². The van der Waals surface area contributed by atoms with Crippen LogP contribution in [0.15, 0.2) is 42.5 Å². The van der Waals surface area contributed by atoms with Crippen LogP contribution in [0.3, 0.4) is 0 Å². The molecule has 22 heavy (non-hydrogen) atoms. The van der Waals surface area contributed by atoms with E-state index in [4.69, 9.17) is 4.74 Å². The molecular weight excluding hydrogens is 278 g/mol. The zero-order valence-electron chi connectivity index (χ0n) is 12.9. The first-order valence-electron chi connectivity index (χ1n) is 7.56. The van der Waals surface area contributed by atoms with Gasteiger partial charge in [-0.25, -0.2) is 0 Å². The molecule has 116 valence electrons. The van der Waals surface area contributed by atoms with Crippen molar-refractivity contribution in [3.63, 3.8) is 0 Å². The number of nitrogens with one attached hydrogen (secondary N) is 1. The number of methoxy groups -OCH3 is 1. The van der Waals surface area contributed by atoms with Crippen molar-refractivity contribution >= 4 is 16.7 Å². The summed E-state index contributed by atoms with van der Waals surface area (Å²) in [5.74, 6) is -0.829. The van der Waals surface area contributed by atoms with Crippen LogP contribution in [-0.2, 0) is 14.9 Å². The minimum absolute atomic E-state index is 0.0902. The largest absolute Gasteiger partial charge is 0.481 e. The number of carboxylic acids is 1. The standard InChI is InChI=1S/C18H21NO3/c1-18(17(20)21,16-15(22-2)9-10-19-16)14-8-7-12-5-3-4-6-13(12)11-14/h3-8,11,15-16,19H,9-10H2,1-2H3,(H,20,21)/t15-,16-,18+/m1/s1. The highest BCUT2D eigenvalue weighted by Crippen LogP contribution is 2.35. The van der Waals surface area contributed by atoms with Crippen molar-refractivity contribution in [3.8, 4) is 0 Å². The number of fused-ring (bicyclic) bond motifs is 1. The average molecular weight is 299 g/mol. The van der Waals surface area contributed by atoms with Crippen LogP contribution in [0.5, 0.6) is 0 Å². The zero-order valence-corrected chi connectivity index (χ0v) is 12.9. The number of hydrogen-bond acceptors (Lipinski definition) is 3. The normalized spacial score (nSPS) is 24.3. The van der Waals surface area contributed by atoms with E-state index in [1.165, 1.54) is 0 Å². The maximum atomic E-state index is 12.1. The number of hydrogen-bond donors (Lipinski definition) is 2. The molecule has 4 heteroatoms. The predicted octanol–water partition coefficient (Wildman–Crippen LogP) is 2.56. The highest BCUT2D eigenvalue weighted by atomic mass is 16.5. The molecule has 3 atom stereocenters. The summed E-state index contributed by atoms with van der Waals surface area (Å²) in [6.45, 7) is 2.56. The number of rotatable bonds is 4. The van der Waals surface area contributed by atoms with E-state index < -0.39 is 11.4 Å². The Morgan fingerprint density at radius 1 is 1.27 bits per heavy atom. The molecule has 0 aromatic heterocycles. The molecule has 3 rings (SSSR count). The van der Waals surface area contributed by atoms with E-state index in [1.807, 2.05) is 42.5 Å². The number of aliphatic carboxylic acids is 1. The van der Waals surface area contributed by atoms with E-state index in [2.05, 4.69) is 5.32 Å². The van der Waals surface area contributed by atoms with E-state index in [1.54, 1.807) is 14.0 Å². The van der Waals surface area contributed by atoms with Gasteiger partial charge in [0.25, 0.3) is 0 Å². The zero-order chi connectivity index (χ0) is 15.7. The summed E-state index contributed by atoms with van der Waals surface area (Å²) in [6.07, 6.45) is 0.741. The summed E-state index contributed by atoms with van der Waals surface area (Å²) in [7, 11) is 1.65. The number of benzene rings is 2. The van der Waals surface area contributed by atoms with Crippen LogP contribution >= 0.6 is 0 Å². The second kappa shape index (κ2) is 5.71. The first-order chi connectivity index (χ1) is 10.6. The van der Waals surface area contributed by atoms with Gasteiger partial charge in [-0.05, 0) is 42.3 Å². The molecule has 0 bridgehead atoms. The van der Waals surface area contributed by atoms with Crippen molar-refractivity contribution in [2.45, 2.75) is 30.9 Å². The van der Waals surface area contributed by atoms with Crippen molar-refractivity contribution < 1.29 is 14.6 Å². The second-order valence-electron chi connectivity index (χ2n) is 6.06. The summed E-state index contributed by atoms with van der Waals surface area (Å²) in [5.41, 5.74) is -0.221. The van der Waals surface area contributed by atoms with Crippen molar-refractivity contribution in [2.75, 3.05) is 13.7 Å². The Morgan fingerprint density at radius 3 is 2.68 bits per heavy atom. The molecule has 0 unspecified atom stereocenters. The van der Waals surface area contributed by atoms with Gasteiger partial charge in [-0.2, -0.15) is 0 Å². The summed E-state index contributed by atoms with van der Waals surface area (Å²) in [4.78, 5) is 12.1. The fraction of sp³-hybridized carbons (Fsp3) is 0.389. The molecule has 2 aromatic carbocycles. The molecule has 1 aliphatic heterocycles. The van der Waals surface area contributed by atoms with Crippen LogP contribution in [0.2, 0.25) is 0 Å². The predicted molar refractivity (Wildman–Crippen MR) is 86.1 cm³/mol. The Labute approximate surface area is 130 Å². The Morgan fingerprint density at radius 2 is 2.00 bits per heavy atom. The van der Waals surface area contributed by atoms with Gasteiger partial charge in [-0.1, -0.05) is 36.4 Å². The second-order valence-corrected chi connectivity index (χ2v) is 6.06. The van der Waals surface area contributed by atoms with Gasteiger partial charge in [0.1, 0.15) is 5.41 Å². The molecule has 1 saturated heterocycles. The summed E-state index contributed by atoms with van der Waals surface area (Å²) in [6, 6.07) is 13.6. The molecule has 0 aliphatic carbocycles. The molecule has 2 aromatic rings. The number of carbonyl (C=O) groups is 1. The van der Waals surface area contributed by atoms with Crippen LogP contribution < -0.4 is 5.32 Å². The van der Waals surface area contributed by atoms with Gasteiger partial charge in [0, 0.05) is 7.11 Å². The van der Waals surface area contributed by atoms with Crippen LogP contribution in [-0.4, -0.2) is 36.9 Å². The number of carboxylic acid groups (broad SMARTS) is 1. The van der Waals surface area contributed by atoms with Crippen molar-refractivity contribution in [3.05, 3.63) is 48.0 Å². The third kappa shape index (κ3) is 2.28. The fourth-order valence-corrected chi connectivity index (χ4v) is 3.46. The van der Waals surface area contributed by atoms with E-state index in [0.717, 1.165) is 29.3 Å². The Bertz CT molecular complexity index is 700. The average Bonchev–Trinajstić information content (AvgIpc) is 3.02. The quantitative estimate of drug-likeness (QED) is 0.911. The minimum atomic E-state index is -1.03. The monoisotopic (exact) mass is 299 g/mol.